The summed E-state index contributed by atoms with van der Waals surface area (Å²) in [7, 11) is 0. The largest absolute Gasteiger partial charge is 0.344 e. The van der Waals surface area contributed by atoms with Crippen molar-refractivity contribution in [3.63, 3.8) is 0 Å². The Bertz CT molecular complexity index is 323. The van der Waals surface area contributed by atoms with Crippen LogP contribution in [-0.4, -0.2) is 23.3 Å². The van der Waals surface area contributed by atoms with Crippen LogP contribution in [0.3, 0.4) is 0 Å². The average Bonchev–Trinajstić information content (AvgIpc) is 3.00. The van der Waals surface area contributed by atoms with Gasteiger partial charge in [0.15, 0.2) is 11.6 Å². The maximum atomic E-state index is 12.3. The fraction of sp³-hybridized carbons (Fsp3) is 0.938. The zero-order chi connectivity index (χ0) is 14.1. The van der Waals surface area contributed by atoms with E-state index in [1.165, 1.54) is 6.42 Å². The molecule has 2 rings (SSSR count). The highest BCUT2D eigenvalue weighted by Gasteiger charge is 2.54. The summed E-state index contributed by atoms with van der Waals surface area (Å²) in [6.45, 7) is 8.29. The first-order valence-electron chi connectivity index (χ1n) is 7.73. The highest BCUT2D eigenvalue weighted by atomic mass is 16.7. The van der Waals surface area contributed by atoms with Gasteiger partial charge in [0.2, 0.25) is 0 Å². The normalized spacial score (nSPS) is 27.7. The van der Waals surface area contributed by atoms with E-state index in [4.69, 9.17) is 9.47 Å². The van der Waals surface area contributed by atoms with Gasteiger partial charge in [-0.15, -0.1) is 0 Å². The van der Waals surface area contributed by atoms with Crippen LogP contribution in [0.1, 0.15) is 72.6 Å². The predicted octanol–water partition coefficient (Wildman–Crippen LogP) is 3.85. The second-order valence-electron chi connectivity index (χ2n) is 7.10. The van der Waals surface area contributed by atoms with E-state index in [2.05, 4.69) is 13.8 Å². The zero-order valence-corrected chi connectivity index (χ0v) is 12.8. The molecular weight excluding hydrogens is 240 g/mol. The fourth-order valence-electron chi connectivity index (χ4n) is 2.95. The van der Waals surface area contributed by atoms with E-state index in [1.807, 2.05) is 13.8 Å². The van der Waals surface area contributed by atoms with Crippen LogP contribution in [0.25, 0.3) is 0 Å². The molecule has 0 bridgehead atoms. The molecule has 0 aromatic rings. The van der Waals surface area contributed by atoms with Gasteiger partial charge in [-0.2, -0.15) is 0 Å². The summed E-state index contributed by atoms with van der Waals surface area (Å²) in [5.41, 5.74) is -0.0417. The summed E-state index contributed by atoms with van der Waals surface area (Å²) >= 11 is 0. The van der Waals surface area contributed by atoms with Crippen LogP contribution in [-0.2, 0) is 14.3 Å². The van der Waals surface area contributed by atoms with Crippen LogP contribution in [0.5, 0.6) is 0 Å². The fourth-order valence-corrected chi connectivity index (χ4v) is 2.95. The van der Waals surface area contributed by atoms with Crippen molar-refractivity contribution in [2.45, 2.75) is 90.1 Å². The van der Waals surface area contributed by atoms with Crippen molar-refractivity contribution < 1.29 is 14.3 Å². The molecule has 0 radical (unpaired) electrons. The van der Waals surface area contributed by atoms with Gasteiger partial charge in [0.25, 0.3) is 0 Å². The Morgan fingerprint density at radius 2 is 1.95 bits per heavy atom. The molecule has 2 fully saturated rings. The van der Waals surface area contributed by atoms with Crippen molar-refractivity contribution in [3.05, 3.63) is 0 Å². The Morgan fingerprint density at radius 3 is 2.53 bits per heavy atom. The Morgan fingerprint density at radius 1 is 1.26 bits per heavy atom. The van der Waals surface area contributed by atoms with Crippen LogP contribution < -0.4 is 0 Å². The van der Waals surface area contributed by atoms with Gasteiger partial charge in [-0.1, -0.05) is 26.7 Å². The highest BCUT2D eigenvalue weighted by molar-refractivity contribution is 5.83. The Kier molecular flexibility index (Phi) is 4.36. The molecule has 1 spiro atoms. The minimum Gasteiger partial charge on any atom is -0.344 e. The Hall–Kier alpha value is -0.410. The van der Waals surface area contributed by atoms with Gasteiger partial charge >= 0.3 is 0 Å². The second kappa shape index (κ2) is 5.53. The number of hydrogen-bond donors (Lipinski definition) is 0. The lowest BCUT2D eigenvalue weighted by molar-refractivity contribution is -0.302. The van der Waals surface area contributed by atoms with Crippen LogP contribution in [0, 0.1) is 5.92 Å². The van der Waals surface area contributed by atoms with Crippen molar-refractivity contribution in [3.8, 4) is 0 Å². The number of hydrogen-bond acceptors (Lipinski definition) is 3. The van der Waals surface area contributed by atoms with Gasteiger partial charge in [-0.25, -0.2) is 0 Å². The zero-order valence-electron chi connectivity index (χ0n) is 12.8. The SMILES string of the molecule is CC(C)CCCCC(=O)[C@@H]1CC2(CC2)OC(C)(C)O1. The van der Waals surface area contributed by atoms with Crippen LogP contribution in [0.2, 0.25) is 0 Å². The van der Waals surface area contributed by atoms with Gasteiger partial charge in [0.1, 0.15) is 6.10 Å². The number of rotatable bonds is 6. The summed E-state index contributed by atoms with van der Waals surface area (Å²) in [5, 5.41) is 0. The lowest BCUT2D eigenvalue weighted by Crippen LogP contribution is -2.48. The van der Waals surface area contributed by atoms with E-state index in [9.17, 15) is 4.79 Å². The number of ketones is 1. The van der Waals surface area contributed by atoms with E-state index in [0.29, 0.717) is 6.42 Å². The minimum atomic E-state index is -0.604. The maximum Gasteiger partial charge on any atom is 0.164 e. The summed E-state index contributed by atoms with van der Waals surface area (Å²) in [6.07, 6.45) is 6.67. The lowest BCUT2D eigenvalue weighted by atomic mass is 9.98. The summed E-state index contributed by atoms with van der Waals surface area (Å²) < 4.78 is 11.8. The molecule has 1 atom stereocenters. The molecule has 0 N–H and O–H groups in total. The summed E-state index contributed by atoms with van der Waals surface area (Å²) in [6, 6.07) is 0. The molecule has 110 valence electrons. The summed E-state index contributed by atoms with van der Waals surface area (Å²) in [4.78, 5) is 12.3. The van der Waals surface area contributed by atoms with Crippen LogP contribution in [0.4, 0.5) is 0 Å². The first-order valence-corrected chi connectivity index (χ1v) is 7.73. The third kappa shape index (κ3) is 4.28. The number of unbranched alkanes of at least 4 members (excludes halogenated alkanes) is 1. The standard InChI is InChI=1S/C16H28O3/c1-12(2)7-5-6-8-13(17)14-11-16(9-10-16)19-15(3,4)18-14/h12,14H,5-11H2,1-4H3/t14-/m0/s1. The van der Waals surface area contributed by atoms with Gasteiger partial charge in [-0.05, 0) is 39.0 Å². The summed E-state index contributed by atoms with van der Waals surface area (Å²) in [5.74, 6) is 0.391. The molecule has 3 nitrogen and oxygen atoms in total. The molecule has 1 aliphatic carbocycles. The molecule has 1 heterocycles. The van der Waals surface area contributed by atoms with Gasteiger partial charge in [0.05, 0.1) is 5.60 Å². The molecule has 1 saturated carbocycles. The number of carbonyl (C=O) groups excluding carboxylic acids is 1. The first kappa shape index (κ1) is 15.0. The molecule has 3 heteroatoms. The molecule has 0 unspecified atom stereocenters. The van der Waals surface area contributed by atoms with E-state index in [-0.39, 0.29) is 17.5 Å². The third-order valence-corrected chi connectivity index (χ3v) is 4.07. The third-order valence-electron chi connectivity index (χ3n) is 4.07. The van der Waals surface area contributed by atoms with Gasteiger partial charge in [-0.3, -0.25) is 4.79 Å². The molecule has 0 amide bonds. The van der Waals surface area contributed by atoms with Gasteiger partial charge < -0.3 is 9.47 Å². The molecule has 0 aromatic carbocycles. The Balaban J connectivity index is 1.78. The first-order chi connectivity index (χ1) is 8.82. The number of Topliss-reactive ketones (excluding diaryl/α,β-unsaturated/α-hetero) is 1. The highest BCUT2D eigenvalue weighted by Crippen LogP contribution is 2.50. The van der Waals surface area contributed by atoms with Crippen molar-refractivity contribution in [2.24, 2.45) is 5.92 Å². The van der Waals surface area contributed by atoms with Crippen molar-refractivity contribution in [2.75, 3.05) is 0 Å². The number of carbonyl (C=O) groups is 1. The molecular formula is C16H28O3. The van der Waals surface area contributed by atoms with E-state index < -0.39 is 5.79 Å². The van der Waals surface area contributed by atoms with Crippen LogP contribution in [0.15, 0.2) is 0 Å². The molecule has 0 aromatic heterocycles. The lowest BCUT2D eigenvalue weighted by Gasteiger charge is -2.40. The topological polar surface area (TPSA) is 35.5 Å². The van der Waals surface area contributed by atoms with Crippen molar-refractivity contribution >= 4 is 5.78 Å². The average molecular weight is 268 g/mol. The smallest absolute Gasteiger partial charge is 0.164 e. The van der Waals surface area contributed by atoms with E-state index in [1.54, 1.807) is 0 Å². The van der Waals surface area contributed by atoms with E-state index >= 15 is 0 Å². The second-order valence-corrected chi connectivity index (χ2v) is 7.10. The molecule has 1 aliphatic heterocycles. The quantitative estimate of drug-likeness (QED) is 0.686. The molecule has 1 saturated heterocycles. The molecule has 19 heavy (non-hydrogen) atoms. The van der Waals surface area contributed by atoms with Crippen LogP contribution >= 0.6 is 0 Å². The molecule has 2 aliphatic rings. The minimum absolute atomic E-state index is 0.0417. The monoisotopic (exact) mass is 268 g/mol. The van der Waals surface area contributed by atoms with Gasteiger partial charge in [0, 0.05) is 12.8 Å². The van der Waals surface area contributed by atoms with E-state index in [0.717, 1.165) is 38.0 Å². The number of ether oxygens (including phenoxy) is 2. The Labute approximate surface area is 117 Å². The predicted molar refractivity (Wildman–Crippen MR) is 74.9 cm³/mol. The van der Waals surface area contributed by atoms with Crippen molar-refractivity contribution in [1.29, 1.82) is 0 Å². The maximum absolute atomic E-state index is 12.3. The van der Waals surface area contributed by atoms with Crippen molar-refractivity contribution in [1.82, 2.24) is 0 Å².